The fraction of sp³-hybridized carbons (Fsp3) is 0.400. The van der Waals surface area contributed by atoms with E-state index in [1.54, 1.807) is 13.0 Å². The van der Waals surface area contributed by atoms with Gasteiger partial charge < -0.3 is 10.6 Å². The molecule has 1 aromatic carbocycles. The smallest absolute Gasteiger partial charge is 0.375 e. The van der Waals surface area contributed by atoms with Crippen molar-refractivity contribution in [3.63, 3.8) is 0 Å². The Kier molecular flexibility index (Phi) is 6.82. The quantitative estimate of drug-likeness (QED) is 0.739. The van der Waals surface area contributed by atoms with Gasteiger partial charge in [-0.3, -0.25) is 9.78 Å². The summed E-state index contributed by atoms with van der Waals surface area (Å²) >= 11 is 0. The van der Waals surface area contributed by atoms with Crippen LogP contribution in [0, 0.1) is 0 Å². The summed E-state index contributed by atoms with van der Waals surface area (Å²) in [6.07, 6.45) is -2.65. The van der Waals surface area contributed by atoms with Crippen molar-refractivity contribution in [1.82, 2.24) is 10.3 Å². The first kappa shape index (κ1) is 20.7. The van der Waals surface area contributed by atoms with E-state index < -0.39 is 18.8 Å². The highest BCUT2D eigenvalue weighted by atomic mass is 19.4. The van der Waals surface area contributed by atoms with E-state index in [4.69, 9.17) is 0 Å². The van der Waals surface area contributed by atoms with Gasteiger partial charge >= 0.3 is 6.18 Å². The molecule has 2 N–H and O–H groups in total. The Labute approximate surface area is 157 Å². The first-order chi connectivity index (χ1) is 12.7. The van der Waals surface area contributed by atoms with Gasteiger partial charge in [-0.1, -0.05) is 38.1 Å². The normalized spacial score (nSPS) is 12.7. The summed E-state index contributed by atoms with van der Waals surface area (Å²) < 4.78 is 37.4. The van der Waals surface area contributed by atoms with Crippen LogP contribution in [0.5, 0.6) is 0 Å². The molecule has 0 aliphatic rings. The second-order valence-electron chi connectivity index (χ2n) is 6.77. The highest BCUT2D eigenvalue weighted by Gasteiger charge is 2.27. The minimum atomic E-state index is -4.33. The molecule has 0 aliphatic heterocycles. The third kappa shape index (κ3) is 6.58. The van der Waals surface area contributed by atoms with Crippen LogP contribution in [0.1, 0.15) is 49.6 Å². The van der Waals surface area contributed by atoms with Crippen LogP contribution in [0.2, 0.25) is 0 Å². The summed E-state index contributed by atoms with van der Waals surface area (Å²) in [5.41, 5.74) is 2.69. The topological polar surface area (TPSA) is 54.0 Å². The first-order valence-corrected chi connectivity index (χ1v) is 8.79. The Morgan fingerprint density at radius 3 is 2.37 bits per heavy atom. The lowest BCUT2D eigenvalue weighted by Crippen LogP contribution is -2.30. The monoisotopic (exact) mass is 379 g/mol. The molecule has 4 nitrogen and oxygen atoms in total. The molecule has 27 heavy (non-hydrogen) atoms. The molecule has 1 atom stereocenters. The number of hydrogen-bond acceptors (Lipinski definition) is 3. The predicted octanol–water partition coefficient (Wildman–Crippen LogP) is 4.60. The molecule has 0 bridgehead atoms. The van der Waals surface area contributed by atoms with Crippen molar-refractivity contribution in [3.8, 4) is 0 Å². The lowest BCUT2D eigenvalue weighted by atomic mass is 10.0. The van der Waals surface area contributed by atoms with Gasteiger partial charge in [0, 0.05) is 6.20 Å². The van der Waals surface area contributed by atoms with Gasteiger partial charge in [0.05, 0.1) is 23.8 Å². The van der Waals surface area contributed by atoms with E-state index in [0.717, 1.165) is 5.56 Å². The number of aromatic nitrogens is 1. The van der Waals surface area contributed by atoms with E-state index in [0.29, 0.717) is 11.6 Å². The molecule has 0 spiro atoms. The molecule has 0 radical (unpaired) electrons. The van der Waals surface area contributed by atoms with Crippen molar-refractivity contribution >= 4 is 11.6 Å². The lowest BCUT2D eigenvalue weighted by Gasteiger charge is -2.18. The van der Waals surface area contributed by atoms with E-state index in [9.17, 15) is 18.0 Å². The maximum Gasteiger partial charge on any atom is 0.405 e. The number of rotatable bonds is 7. The van der Waals surface area contributed by atoms with Gasteiger partial charge in [-0.15, -0.1) is 0 Å². The third-order valence-electron chi connectivity index (χ3n) is 4.12. The minimum absolute atomic E-state index is 0.195. The fourth-order valence-electron chi connectivity index (χ4n) is 2.67. The Morgan fingerprint density at radius 1 is 1.11 bits per heavy atom. The number of hydrogen-bond donors (Lipinski definition) is 2. The number of alkyl halides is 3. The van der Waals surface area contributed by atoms with Crippen LogP contribution in [0.15, 0.2) is 42.6 Å². The zero-order valence-corrected chi connectivity index (χ0v) is 15.6. The standard InChI is InChI=1S/C20H24F3N3O/c1-13(2)16-8-6-15(7-9-16)11-18(27)26-14(3)19-17(5-4-10-24-19)25-12-20(21,22)23/h4-10,13-14,25H,11-12H2,1-3H3,(H,26,27)/t14-/m1/s1. The molecule has 7 heteroatoms. The van der Waals surface area contributed by atoms with Gasteiger partial charge in [0.2, 0.25) is 5.91 Å². The van der Waals surface area contributed by atoms with Crippen molar-refractivity contribution in [3.05, 3.63) is 59.4 Å². The Hall–Kier alpha value is -2.57. The lowest BCUT2D eigenvalue weighted by molar-refractivity contribution is -0.121. The third-order valence-corrected chi connectivity index (χ3v) is 4.12. The number of nitrogens with one attached hydrogen (secondary N) is 2. The summed E-state index contributed by atoms with van der Waals surface area (Å²) in [6, 6.07) is 10.4. The Balaban J connectivity index is 2.00. The van der Waals surface area contributed by atoms with Crippen LogP contribution in [0.25, 0.3) is 0 Å². The van der Waals surface area contributed by atoms with E-state index in [-0.39, 0.29) is 18.0 Å². The van der Waals surface area contributed by atoms with Crippen molar-refractivity contribution in [1.29, 1.82) is 0 Å². The van der Waals surface area contributed by atoms with E-state index >= 15 is 0 Å². The summed E-state index contributed by atoms with van der Waals surface area (Å²) in [6.45, 7) is 4.73. The van der Waals surface area contributed by atoms with Gasteiger partial charge in [-0.05, 0) is 36.1 Å². The van der Waals surface area contributed by atoms with Gasteiger partial charge in [-0.2, -0.15) is 13.2 Å². The SMILES string of the molecule is CC(C)c1ccc(CC(=O)N[C@H](C)c2ncccc2NCC(F)(F)F)cc1. The molecule has 146 valence electrons. The van der Waals surface area contributed by atoms with Crippen molar-refractivity contribution in [2.24, 2.45) is 0 Å². The molecule has 0 fully saturated rings. The molecule has 2 rings (SSSR count). The predicted molar refractivity (Wildman–Crippen MR) is 99.6 cm³/mol. The van der Waals surface area contributed by atoms with Crippen LogP contribution in [-0.2, 0) is 11.2 Å². The van der Waals surface area contributed by atoms with Crippen LogP contribution in [-0.4, -0.2) is 23.6 Å². The second-order valence-corrected chi connectivity index (χ2v) is 6.77. The number of carbonyl (C=O) groups excluding carboxylic acids is 1. The van der Waals surface area contributed by atoms with Gasteiger partial charge in [0.25, 0.3) is 0 Å². The van der Waals surface area contributed by atoms with Crippen molar-refractivity contribution in [2.75, 3.05) is 11.9 Å². The number of pyridine rings is 1. The molecule has 1 amide bonds. The summed E-state index contributed by atoms with van der Waals surface area (Å²) in [7, 11) is 0. The maximum absolute atomic E-state index is 12.5. The number of anilines is 1. The summed E-state index contributed by atoms with van der Waals surface area (Å²) in [5, 5.41) is 5.13. The van der Waals surface area contributed by atoms with Crippen LogP contribution in [0.3, 0.4) is 0 Å². The average molecular weight is 379 g/mol. The second kappa shape index (κ2) is 8.88. The van der Waals surface area contributed by atoms with Crippen molar-refractivity contribution in [2.45, 2.75) is 45.3 Å². The molecule has 0 aliphatic carbocycles. The first-order valence-electron chi connectivity index (χ1n) is 8.79. The van der Waals surface area contributed by atoms with Gasteiger partial charge in [0.1, 0.15) is 6.54 Å². The van der Waals surface area contributed by atoms with Crippen LogP contribution < -0.4 is 10.6 Å². The van der Waals surface area contributed by atoms with E-state index in [1.165, 1.54) is 17.8 Å². The molecule has 1 heterocycles. The van der Waals surface area contributed by atoms with E-state index in [2.05, 4.69) is 29.5 Å². The summed E-state index contributed by atoms with van der Waals surface area (Å²) in [4.78, 5) is 16.4. The summed E-state index contributed by atoms with van der Waals surface area (Å²) in [5.74, 6) is 0.201. The maximum atomic E-state index is 12.5. The molecule has 0 saturated heterocycles. The number of halogens is 3. The number of carbonyl (C=O) groups is 1. The molecular weight excluding hydrogens is 355 g/mol. The molecule has 0 saturated carbocycles. The Morgan fingerprint density at radius 2 is 1.78 bits per heavy atom. The molecule has 2 aromatic rings. The van der Waals surface area contributed by atoms with Gasteiger partial charge in [0.15, 0.2) is 0 Å². The van der Waals surface area contributed by atoms with E-state index in [1.807, 2.05) is 24.3 Å². The highest BCUT2D eigenvalue weighted by molar-refractivity contribution is 5.79. The largest absolute Gasteiger partial charge is 0.405 e. The van der Waals surface area contributed by atoms with Crippen LogP contribution >= 0.6 is 0 Å². The number of amides is 1. The zero-order valence-electron chi connectivity index (χ0n) is 15.6. The molecule has 0 unspecified atom stereocenters. The Bertz CT molecular complexity index is 758. The number of nitrogens with zero attached hydrogens (tertiary/aromatic N) is 1. The highest BCUT2D eigenvalue weighted by Crippen LogP contribution is 2.23. The molecular formula is C20H24F3N3O. The number of benzene rings is 1. The van der Waals surface area contributed by atoms with Crippen LogP contribution in [0.4, 0.5) is 18.9 Å². The minimum Gasteiger partial charge on any atom is -0.375 e. The molecule has 1 aromatic heterocycles. The van der Waals surface area contributed by atoms with Gasteiger partial charge in [-0.25, -0.2) is 0 Å². The zero-order chi connectivity index (χ0) is 20.0. The van der Waals surface area contributed by atoms with Crippen molar-refractivity contribution < 1.29 is 18.0 Å². The fourth-order valence-corrected chi connectivity index (χ4v) is 2.67. The average Bonchev–Trinajstić information content (AvgIpc) is 2.60.